The highest BCUT2D eigenvalue weighted by Crippen LogP contribution is 2.27. The summed E-state index contributed by atoms with van der Waals surface area (Å²) in [5, 5.41) is 2.79. The molecule has 0 aromatic heterocycles. The highest BCUT2D eigenvalue weighted by Gasteiger charge is 2.35. The summed E-state index contributed by atoms with van der Waals surface area (Å²) in [7, 11) is -3.64. The van der Waals surface area contributed by atoms with Crippen LogP contribution in [-0.2, 0) is 26.0 Å². The molecule has 0 aliphatic carbocycles. The highest BCUT2D eigenvalue weighted by molar-refractivity contribution is 7.89. The molecular weight excluding hydrogens is 414 g/mol. The van der Waals surface area contributed by atoms with Crippen LogP contribution in [0.25, 0.3) is 0 Å². The van der Waals surface area contributed by atoms with Gasteiger partial charge in [-0.15, -0.1) is 0 Å². The molecule has 7 nitrogen and oxygen atoms in total. The molecule has 0 spiro atoms. The van der Waals surface area contributed by atoms with E-state index in [9.17, 15) is 18.0 Å². The Kier molecular flexibility index (Phi) is 6.52. The van der Waals surface area contributed by atoms with Crippen molar-refractivity contribution in [2.75, 3.05) is 16.8 Å². The predicted molar refractivity (Wildman–Crippen MR) is 121 cm³/mol. The number of rotatable bonds is 6. The lowest BCUT2D eigenvalue weighted by molar-refractivity contribution is -0.122. The number of carbonyl (C=O) groups is 2. The van der Waals surface area contributed by atoms with E-state index in [-0.39, 0.29) is 23.1 Å². The number of sulfonamides is 1. The number of hydrogen-bond donors (Lipinski definition) is 2. The molecule has 0 bridgehead atoms. The smallest absolute Gasteiger partial charge is 0.241 e. The van der Waals surface area contributed by atoms with Crippen LogP contribution in [0.2, 0.25) is 0 Å². The Morgan fingerprint density at radius 1 is 1.06 bits per heavy atom. The van der Waals surface area contributed by atoms with Gasteiger partial charge in [-0.05, 0) is 69.2 Å². The molecule has 1 heterocycles. The molecule has 166 valence electrons. The molecule has 2 amide bonds. The van der Waals surface area contributed by atoms with Crippen molar-refractivity contribution in [3.05, 3.63) is 54.1 Å². The standard InChI is InChI=1S/C23H29N3O4S/c1-5-16-6-10-19(11-7-16)26-15-17(14-21(26)27)22(28)24-18-8-12-20(13-9-18)31(29,30)25-23(2,3)4/h6-13,17,25H,5,14-15H2,1-4H3,(H,24,28)/t17-/m0/s1. The average molecular weight is 444 g/mol. The van der Waals surface area contributed by atoms with E-state index < -0.39 is 21.5 Å². The summed E-state index contributed by atoms with van der Waals surface area (Å²) < 4.78 is 27.4. The second kappa shape index (κ2) is 8.80. The van der Waals surface area contributed by atoms with Crippen molar-refractivity contribution in [3.8, 4) is 0 Å². The molecule has 0 radical (unpaired) electrons. The molecule has 1 fully saturated rings. The lowest BCUT2D eigenvalue weighted by Crippen LogP contribution is -2.40. The SMILES string of the molecule is CCc1ccc(N2C[C@@H](C(=O)Nc3ccc(S(=O)(=O)NC(C)(C)C)cc3)CC2=O)cc1. The first kappa shape index (κ1) is 23.0. The third-order valence-corrected chi connectivity index (χ3v) is 6.80. The lowest BCUT2D eigenvalue weighted by Gasteiger charge is -2.20. The summed E-state index contributed by atoms with van der Waals surface area (Å²) in [5.41, 5.74) is 1.87. The Labute approximate surface area is 183 Å². The van der Waals surface area contributed by atoms with Crippen molar-refractivity contribution in [1.82, 2.24) is 4.72 Å². The van der Waals surface area contributed by atoms with Crippen LogP contribution in [0.4, 0.5) is 11.4 Å². The van der Waals surface area contributed by atoms with Gasteiger partial charge in [-0.1, -0.05) is 19.1 Å². The fourth-order valence-corrected chi connectivity index (χ4v) is 4.89. The first-order valence-corrected chi connectivity index (χ1v) is 11.8. The van der Waals surface area contributed by atoms with E-state index in [4.69, 9.17) is 0 Å². The summed E-state index contributed by atoms with van der Waals surface area (Å²) in [6.45, 7) is 7.69. The molecular formula is C23H29N3O4S. The van der Waals surface area contributed by atoms with Crippen LogP contribution in [0.15, 0.2) is 53.4 Å². The topological polar surface area (TPSA) is 95.6 Å². The van der Waals surface area contributed by atoms with Gasteiger partial charge in [0.15, 0.2) is 0 Å². The highest BCUT2D eigenvalue weighted by atomic mass is 32.2. The minimum atomic E-state index is -3.64. The number of carbonyl (C=O) groups excluding carboxylic acids is 2. The fraction of sp³-hybridized carbons (Fsp3) is 0.391. The zero-order chi connectivity index (χ0) is 22.8. The normalized spacial score (nSPS) is 17.1. The first-order valence-electron chi connectivity index (χ1n) is 10.3. The molecule has 1 saturated heterocycles. The third-order valence-electron chi connectivity index (χ3n) is 5.02. The maximum atomic E-state index is 12.7. The second-order valence-electron chi connectivity index (χ2n) is 8.79. The van der Waals surface area contributed by atoms with E-state index >= 15 is 0 Å². The number of nitrogens with zero attached hydrogens (tertiary/aromatic N) is 1. The van der Waals surface area contributed by atoms with Gasteiger partial charge in [0.25, 0.3) is 0 Å². The minimum Gasteiger partial charge on any atom is -0.326 e. The Bertz CT molecular complexity index is 1060. The van der Waals surface area contributed by atoms with Crippen molar-refractivity contribution >= 4 is 33.2 Å². The summed E-state index contributed by atoms with van der Waals surface area (Å²) in [6, 6.07) is 13.8. The van der Waals surface area contributed by atoms with E-state index in [1.165, 1.54) is 17.7 Å². The maximum absolute atomic E-state index is 12.7. The molecule has 3 rings (SSSR count). The van der Waals surface area contributed by atoms with Gasteiger partial charge in [0.2, 0.25) is 21.8 Å². The van der Waals surface area contributed by atoms with Crippen molar-refractivity contribution in [1.29, 1.82) is 0 Å². The molecule has 2 aromatic carbocycles. The quantitative estimate of drug-likeness (QED) is 0.716. The van der Waals surface area contributed by atoms with Gasteiger partial charge < -0.3 is 10.2 Å². The number of aryl methyl sites for hydroxylation is 1. The lowest BCUT2D eigenvalue weighted by atomic mass is 10.1. The zero-order valence-electron chi connectivity index (χ0n) is 18.3. The third kappa shape index (κ3) is 5.71. The average Bonchev–Trinajstić information content (AvgIpc) is 3.08. The van der Waals surface area contributed by atoms with Gasteiger partial charge in [0, 0.05) is 29.9 Å². The monoisotopic (exact) mass is 443 g/mol. The molecule has 31 heavy (non-hydrogen) atoms. The van der Waals surface area contributed by atoms with E-state index in [0.717, 1.165) is 12.1 Å². The maximum Gasteiger partial charge on any atom is 0.241 e. The largest absolute Gasteiger partial charge is 0.326 e. The molecule has 1 atom stereocenters. The second-order valence-corrected chi connectivity index (χ2v) is 10.5. The van der Waals surface area contributed by atoms with Gasteiger partial charge in [-0.3, -0.25) is 9.59 Å². The summed E-state index contributed by atoms with van der Waals surface area (Å²) in [6.07, 6.45) is 1.06. The van der Waals surface area contributed by atoms with Crippen LogP contribution in [0.5, 0.6) is 0 Å². The molecule has 0 saturated carbocycles. The van der Waals surface area contributed by atoms with Crippen LogP contribution in [0.3, 0.4) is 0 Å². The van der Waals surface area contributed by atoms with Crippen molar-refractivity contribution in [2.45, 2.75) is 51.0 Å². The molecule has 2 aromatic rings. The van der Waals surface area contributed by atoms with E-state index in [0.29, 0.717) is 12.2 Å². The van der Waals surface area contributed by atoms with E-state index in [1.54, 1.807) is 37.8 Å². The van der Waals surface area contributed by atoms with Gasteiger partial charge >= 0.3 is 0 Å². The van der Waals surface area contributed by atoms with E-state index in [2.05, 4.69) is 17.0 Å². The molecule has 8 heteroatoms. The van der Waals surface area contributed by atoms with Crippen LogP contribution in [-0.4, -0.2) is 32.3 Å². The van der Waals surface area contributed by atoms with Crippen LogP contribution >= 0.6 is 0 Å². The van der Waals surface area contributed by atoms with Crippen molar-refractivity contribution < 1.29 is 18.0 Å². The van der Waals surface area contributed by atoms with Gasteiger partial charge in [-0.25, -0.2) is 13.1 Å². The van der Waals surface area contributed by atoms with Crippen molar-refractivity contribution in [2.24, 2.45) is 5.92 Å². The Balaban J connectivity index is 1.64. The van der Waals surface area contributed by atoms with Crippen molar-refractivity contribution in [3.63, 3.8) is 0 Å². The molecule has 1 aliphatic rings. The fourth-order valence-electron chi connectivity index (χ4n) is 3.47. The van der Waals surface area contributed by atoms with Gasteiger partial charge in [-0.2, -0.15) is 0 Å². The minimum absolute atomic E-state index is 0.0842. The molecule has 2 N–H and O–H groups in total. The predicted octanol–water partition coefficient (Wildman–Crippen LogP) is 3.32. The van der Waals surface area contributed by atoms with Gasteiger partial charge in [0.1, 0.15) is 0 Å². The Morgan fingerprint density at radius 3 is 2.23 bits per heavy atom. The number of amides is 2. The first-order chi connectivity index (χ1) is 14.5. The summed E-state index contributed by atoms with van der Waals surface area (Å²) in [5.74, 6) is -0.812. The summed E-state index contributed by atoms with van der Waals surface area (Å²) in [4.78, 5) is 26.9. The number of benzene rings is 2. The van der Waals surface area contributed by atoms with Crippen LogP contribution < -0.4 is 14.9 Å². The number of hydrogen-bond acceptors (Lipinski definition) is 4. The van der Waals surface area contributed by atoms with Crippen LogP contribution in [0.1, 0.15) is 39.7 Å². The molecule has 0 unspecified atom stereocenters. The van der Waals surface area contributed by atoms with Crippen LogP contribution in [0, 0.1) is 5.92 Å². The zero-order valence-corrected chi connectivity index (χ0v) is 19.1. The Hall–Kier alpha value is -2.71. The van der Waals surface area contributed by atoms with Gasteiger partial charge in [0.05, 0.1) is 10.8 Å². The summed E-state index contributed by atoms with van der Waals surface area (Å²) >= 11 is 0. The Morgan fingerprint density at radius 2 is 1.68 bits per heavy atom. The number of nitrogens with one attached hydrogen (secondary N) is 2. The number of anilines is 2. The molecule has 1 aliphatic heterocycles. The van der Waals surface area contributed by atoms with E-state index in [1.807, 2.05) is 24.3 Å².